The fourth-order valence-electron chi connectivity index (χ4n) is 4.67. The minimum Gasteiger partial charge on any atom is -0.496 e. The third-order valence-corrected chi connectivity index (χ3v) is 8.00. The zero-order valence-electron chi connectivity index (χ0n) is 23.2. The van der Waals surface area contributed by atoms with E-state index in [0.717, 1.165) is 4.57 Å². The molecule has 2 atom stereocenters. The van der Waals surface area contributed by atoms with Crippen LogP contribution in [0.2, 0.25) is 0 Å². The highest BCUT2D eigenvalue weighted by atomic mass is 32.1. The Morgan fingerprint density at radius 2 is 2.05 bits per heavy atom. The number of carbonyl (C=O) groups excluding carboxylic acids is 1. The summed E-state index contributed by atoms with van der Waals surface area (Å²) >= 11 is 1.21. The van der Waals surface area contributed by atoms with Gasteiger partial charge in [0.2, 0.25) is 0 Å². The second kappa shape index (κ2) is 13.8. The second-order valence-corrected chi connectivity index (χ2v) is 10.3. The van der Waals surface area contributed by atoms with Gasteiger partial charge in [-0.05, 0) is 44.5 Å². The van der Waals surface area contributed by atoms with Gasteiger partial charge in [-0.3, -0.25) is 14.2 Å². The third kappa shape index (κ3) is 6.29. The number of aryl methyl sites for hydroxylation is 1. The van der Waals surface area contributed by atoms with Crippen molar-refractivity contribution in [3.8, 4) is 16.8 Å². The van der Waals surface area contributed by atoms with Gasteiger partial charge < -0.3 is 9.47 Å². The van der Waals surface area contributed by atoms with Gasteiger partial charge in [-0.2, -0.15) is 23.9 Å². The van der Waals surface area contributed by atoms with Gasteiger partial charge in [0.05, 0.1) is 44.2 Å². The van der Waals surface area contributed by atoms with Crippen molar-refractivity contribution < 1.29 is 18.7 Å². The molecule has 0 aliphatic heterocycles. The van der Waals surface area contributed by atoms with Gasteiger partial charge >= 0.3 is 5.69 Å². The van der Waals surface area contributed by atoms with Crippen molar-refractivity contribution in [2.75, 3.05) is 13.7 Å². The predicted octanol–water partition coefficient (Wildman–Crippen LogP) is 4.58. The SMILES string of the molecule is CCCC(=O)[C@H](C)n1c(=O)c2c(C)c(-n3cccn3)sc2n(C[C@H](OCCC#N)c2cc(F)ccc2OC)c1=O.S. The standard InChI is InChI=1S/C28H30FN5O5S.H2S/c1-5-8-21(35)18(3)34-25(36)24-17(2)26(33-13-7-12-31-33)40-27(24)32(28(34)37)16-23(39-14-6-11-30)20-15-19(29)9-10-22(20)38-4;/h7,9-10,12-13,15,18,23H,5-6,8,14,16H2,1-4H3;1H2/t18-,23-;/m0./s1. The van der Waals surface area contributed by atoms with E-state index in [9.17, 15) is 18.8 Å². The molecule has 13 heteroatoms. The van der Waals surface area contributed by atoms with Crippen molar-refractivity contribution in [1.82, 2.24) is 18.9 Å². The number of aromatic nitrogens is 4. The van der Waals surface area contributed by atoms with Crippen molar-refractivity contribution in [3.05, 3.63) is 74.4 Å². The third-order valence-electron chi connectivity index (χ3n) is 6.70. The van der Waals surface area contributed by atoms with Crippen molar-refractivity contribution >= 4 is 40.8 Å². The van der Waals surface area contributed by atoms with Crippen LogP contribution in [0.3, 0.4) is 0 Å². The molecule has 10 nitrogen and oxygen atoms in total. The Labute approximate surface area is 247 Å². The molecule has 0 aliphatic rings. The molecule has 4 aromatic rings. The van der Waals surface area contributed by atoms with Gasteiger partial charge in [-0.25, -0.2) is 18.4 Å². The normalized spacial score (nSPS) is 12.5. The molecule has 0 fully saturated rings. The van der Waals surface area contributed by atoms with Gasteiger partial charge in [0, 0.05) is 29.9 Å². The number of hydrogen-bond donors (Lipinski definition) is 0. The van der Waals surface area contributed by atoms with E-state index < -0.39 is 29.2 Å². The topological polar surface area (TPSA) is 121 Å². The Hall–Kier alpha value is -3.73. The summed E-state index contributed by atoms with van der Waals surface area (Å²) in [6.07, 6.45) is 3.29. The van der Waals surface area contributed by atoms with E-state index in [0.29, 0.717) is 33.1 Å². The maximum Gasteiger partial charge on any atom is 0.332 e. The Morgan fingerprint density at radius 3 is 2.68 bits per heavy atom. The minimum absolute atomic E-state index is 0. The molecule has 0 amide bonds. The zero-order valence-corrected chi connectivity index (χ0v) is 25.0. The summed E-state index contributed by atoms with van der Waals surface area (Å²) in [4.78, 5) is 41.1. The van der Waals surface area contributed by atoms with E-state index in [1.807, 2.05) is 13.0 Å². The van der Waals surface area contributed by atoms with Gasteiger partial charge in [-0.15, -0.1) is 0 Å². The maximum atomic E-state index is 14.4. The van der Waals surface area contributed by atoms with E-state index in [2.05, 4.69) is 5.10 Å². The number of hydrogen-bond acceptors (Lipinski definition) is 8. The molecule has 0 saturated carbocycles. The monoisotopic (exact) mass is 601 g/mol. The number of halogens is 1. The zero-order chi connectivity index (χ0) is 29.0. The first-order valence-corrected chi connectivity index (χ1v) is 13.7. The lowest BCUT2D eigenvalue weighted by atomic mass is 10.1. The van der Waals surface area contributed by atoms with Crippen LogP contribution < -0.4 is 16.0 Å². The molecule has 0 saturated heterocycles. The van der Waals surface area contributed by atoms with Crippen LogP contribution in [0.1, 0.15) is 56.4 Å². The molecule has 0 spiro atoms. The fraction of sp³-hybridized carbons (Fsp3) is 0.393. The average molecular weight is 602 g/mol. The number of thiophene rings is 1. The van der Waals surface area contributed by atoms with Crippen molar-refractivity contribution in [2.24, 2.45) is 0 Å². The van der Waals surface area contributed by atoms with Crippen LogP contribution in [0.15, 0.2) is 46.2 Å². The van der Waals surface area contributed by atoms with E-state index in [1.165, 1.54) is 41.2 Å². The largest absolute Gasteiger partial charge is 0.496 e. The van der Waals surface area contributed by atoms with Crippen LogP contribution in [0.4, 0.5) is 4.39 Å². The summed E-state index contributed by atoms with van der Waals surface area (Å²) in [6.45, 7) is 5.05. The number of carbonyl (C=O) groups is 1. The molecule has 4 rings (SSSR count). The number of Topliss-reactive ketones (excluding diaryl/α,β-unsaturated/α-hetero) is 1. The Kier molecular flexibility index (Phi) is 10.7. The molecule has 0 bridgehead atoms. The molecule has 41 heavy (non-hydrogen) atoms. The summed E-state index contributed by atoms with van der Waals surface area (Å²) in [5.41, 5.74) is -0.303. The van der Waals surface area contributed by atoms with Gasteiger partial charge in [0.25, 0.3) is 5.56 Å². The average Bonchev–Trinajstić information content (AvgIpc) is 3.58. The van der Waals surface area contributed by atoms with Gasteiger partial charge in [0.15, 0.2) is 5.78 Å². The highest BCUT2D eigenvalue weighted by Crippen LogP contribution is 2.34. The molecule has 3 heterocycles. The van der Waals surface area contributed by atoms with E-state index in [-0.39, 0.29) is 50.7 Å². The first-order chi connectivity index (χ1) is 19.2. The lowest BCUT2D eigenvalue weighted by molar-refractivity contribution is -0.122. The molecule has 218 valence electrons. The number of methoxy groups -OCH3 is 1. The van der Waals surface area contributed by atoms with Crippen LogP contribution in [0.5, 0.6) is 5.75 Å². The number of ketones is 1. The summed E-state index contributed by atoms with van der Waals surface area (Å²) < 4.78 is 29.8. The summed E-state index contributed by atoms with van der Waals surface area (Å²) in [5, 5.41) is 14.3. The van der Waals surface area contributed by atoms with Crippen molar-refractivity contribution in [2.45, 2.75) is 58.7 Å². The molecular weight excluding hydrogens is 569 g/mol. The van der Waals surface area contributed by atoms with E-state index in [1.54, 1.807) is 37.0 Å². The quantitative estimate of drug-likeness (QED) is 0.218. The molecular formula is C28H32FN5O5S2. The molecule has 1 aromatic carbocycles. The predicted molar refractivity (Wildman–Crippen MR) is 159 cm³/mol. The summed E-state index contributed by atoms with van der Waals surface area (Å²) in [6, 6.07) is 6.73. The molecule has 0 aliphatic carbocycles. The number of benzene rings is 1. The van der Waals surface area contributed by atoms with Crippen molar-refractivity contribution in [3.63, 3.8) is 0 Å². The van der Waals surface area contributed by atoms with E-state index in [4.69, 9.17) is 14.7 Å². The van der Waals surface area contributed by atoms with Crippen LogP contribution in [-0.4, -0.2) is 38.4 Å². The van der Waals surface area contributed by atoms with Crippen LogP contribution in [-0.2, 0) is 16.1 Å². The Bertz CT molecular complexity index is 1690. The second-order valence-electron chi connectivity index (χ2n) is 9.28. The van der Waals surface area contributed by atoms with Gasteiger partial charge in [-0.1, -0.05) is 18.3 Å². The van der Waals surface area contributed by atoms with Crippen molar-refractivity contribution in [1.29, 1.82) is 5.26 Å². The molecule has 0 N–H and O–H groups in total. The van der Waals surface area contributed by atoms with E-state index >= 15 is 0 Å². The number of rotatable bonds is 12. The first kappa shape index (κ1) is 31.8. The molecule has 3 aromatic heterocycles. The Morgan fingerprint density at radius 1 is 1.29 bits per heavy atom. The molecule has 0 radical (unpaired) electrons. The highest BCUT2D eigenvalue weighted by molar-refractivity contribution is 7.59. The minimum atomic E-state index is -0.996. The summed E-state index contributed by atoms with van der Waals surface area (Å²) in [7, 11) is 1.44. The number of fused-ring (bicyclic) bond motifs is 1. The highest BCUT2D eigenvalue weighted by Gasteiger charge is 2.28. The fourth-order valence-corrected chi connectivity index (χ4v) is 5.92. The van der Waals surface area contributed by atoms with Crippen LogP contribution in [0, 0.1) is 24.1 Å². The lowest BCUT2D eigenvalue weighted by Gasteiger charge is -2.23. The van der Waals surface area contributed by atoms with Gasteiger partial charge in [0.1, 0.15) is 27.5 Å². The van der Waals surface area contributed by atoms with Crippen LogP contribution in [0.25, 0.3) is 15.2 Å². The number of ether oxygens (including phenoxy) is 2. The first-order valence-electron chi connectivity index (χ1n) is 12.9. The lowest BCUT2D eigenvalue weighted by Crippen LogP contribution is -2.44. The number of nitriles is 1. The Balaban J connectivity index is 0.00000462. The van der Waals surface area contributed by atoms with Crippen LogP contribution >= 0.6 is 24.8 Å². The molecule has 0 unspecified atom stereocenters. The smallest absolute Gasteiger partial charge is 0.332 e. The number of nitrogens with zero attached hydrogens (tertiary/aromatic N) is 5. The summed E-state index contributed by atoms with van der Waals surface area (Å²) in [5.74, 6) is -0.424. The maximum absolute atomic E-state index is 14.4.